The second kappa shape index (κ2) is 4.65. The van der Waals surface area contributed by atoms with Crippen molar-refractivity contribution in [2.75, 3.05) is 0 Å². The maximum absolute atomic E-state index is 11.3. The van der Waals surface area contributed by atoms with Crippen LogP contribution in [0.3, 0.4) is 0 Å². The Kier molecular flexibility index (Phi) is 3.76. The molecule has 0 amide bonds. The molecule has 1 rings (SSSR count). The van der Waals surface area contributed by atoms with Crippen molar-refractivity contribution >= 4 is 17.7 Å². The number of thiol groups is 1. The van der Waals surface area contributed by atoms with Crippen molar-refractivity contribution in [3.63, 3.8) is 0 Å². The third kappa shape index (κ3) is 2.18. The lowest BCUT2D eigenvalue weighted by Crippen LogP contribution is -2.02. The fourth-order valence-corrected chi connectivity index (χ4v) is 1.95. The minimum atomic E-state index is -0.135. The lowest BCUT2D eigenvalue weighted by molar-refractivity contribution is 0.109. The van der Waals surface area contributed by atoms with Gasteiger partial charge in [-0.15, -0.1) is 12.6 Å². The Morgan fingerprint density at radius 1 is 1.43 bits per heavy atom. The molecule has 0 aliphatic carbocycles. The van der Waals surface area contributed by atoms with Crippen molar-refractivity contribution < 1.29 is 4.79 Å². The van der Waals surface area contributed by atoms with E-state index in [0.717, 1.165) is 17.5 Å². The van der Waals surface area contributed by atoms with Crippen molar-refractivity contribution in [2.45, 2.75) is 33.1 Å². The number of hydrogen-bond donors (Lipinski definition) is 1. The first-order valence-electron chi connectivity index (χ1n) is 4.93. The molecule has 0 unspecified atom stereocenters. The standard InChI is InChI=1S/C12H16OS/c1-4-9-10(8(2)3)6-5-7-11(9)12(13)14/h5-8H,4H2,1-3H3,(H,13,14). The van der Waals surface area contributed by atoms with Crippen LogP contribution in [0, 0.1) is 0 Å². The summed E-state index contributed by atoms with van der Waals surface area (Å²) in [6, 6.07) is 5.86. The Morgan fingerprint density at radius 2 is 2.07 bits per heavy atom. The Morgan fingerprint density at radius 3 is 2.50 bits per heavy atom. The number of hydrogen-bond acceptors (Lipinski definition) is 1. The van der Waals surface area contributed by atoms with Gasteiger partial charge in [0.2, 0.25) is 5.12 Å². The fourth-order valence-electron chi connectivity index (χ4n) is 1.74. The van der Waals surface area contributed by atoms with Crippen LogP contribution in [0.15, 0.2) is 18.2 Å². The molecule has 2 heteroatoms. The third-order valence-corrected chi connectivity index (χ3v) is 2.66. The lowest BCUT2D eigenvalue weighted by Gasteiger charge is -2.13. The predicted molar refractivity (Wildman–Crippen MR) is 63.2 cm³/mol. The van der Waals surface area contributed by atoms with Gasteiger partial charge < -0.3 is 0 Å². The van der Waals surface area contributed by atoms with Gasteiger partial charge in [0.15, 0.2) is 0 Å². The van der Waals surface area contributed by atoms with Crippen LogP contribution in [-0.2, 0) is 6.42 Å². The molecule has 76 valence electrons. The van der Waals surface area contributed by atoms with Gasteiger partial charge in [-0.25, -0.2) is 0 Å². The van der Waals surface area contributed by atoms with Gasteiger partial charge in [0.1, 0.15) is 0 Å². The van der Waals surface area contributed by atoms with Crippen LogP contribution in [0.4, 0.5) is 0 Å². The van der Waals surface area contributed by atoms with E-state index in [9.17, 15) is 4.79 Å². The number of carbonyl (C=O) groups is 1. The van der Waals surface area contributed by atoms with E-state index in [0.29, 0.717) is 5.92 Å². The number of benzene rings is 1. The van der Waals surface area contributed by atoms with E-state index in [1.165, 1.54) is 5.56 Å². The predicted octanol–water partition coefficient (Wildman–Crippen LogP) is 3.44. The molecule has 0 heterocycles. The smallest absolute Gasteiger partial charge is 0.216 e. The highest BCUT2D eigenvalue weighted by atomic mass is 32.1. The summed E-state index contributed by atoms with van der Waals surface area (Å²) in [7, 11) is 0. The molecule has 0 bridgehead atoms. The Hall–Kier alpha value is -0.760. The van der Waals surface area contributed by atoms with Crippen molar-refractivity contribution in [1.82, 2.24) is 0 Å². The topological polar surface area (TPSA) is 17.1 Å². The summed E-state index contributed by atoms with van der Waals surface area (Å²) in [5.74, 6) is 0.456. The minimum absolute atomic E-state index is 0.135. The second-order valence-corrected chi connectivity index (χ2v) is 4.09. The van der Waals surface area contributed by atoms with Gasteiger partial charge in [-0.05, 0) is 23.5 Å². The molecule has 0 spiro atoms. The van der Waals surface area contributed by atoms with Gasteiger partial charge in [0, 0.05) is 5.56 Å². The zero-order valence-electron chi connectivity index (χ0n) is 8.87. The molecule has 14 heavy (non-hydrogen) atoms. The summed E-state index contributed by atoms with van der Waals surface area (Å²) in [5.41, 5.74) is 3.15. The molecule has 0 fully saturated rings. The largest absolute Gasteiger partial charge is 0.282 e. The van der Waals surface area contributed by atoms with Crippen molar-refractivity contribution in [3.05, 3.63) is 34.9 Å². The van der Waals surface area contributed by atoms with Crippen LogP contribution in [0.1, 0.15) is 48.2 Å². The molecular weight excluding hydrogens is 192 g/mol. The Balaban J connectivity index is 3.32. The maximum atomic E-state index is 11.3. The van der Waals surface area contributed by atoms with Gasteiger partial charge in [-0.1, -0.05) is 39.0 Å². The van der Waals surface area contributed by atoms with E-state index in [1.54, 1.807) is 0 Å². The lowest BCUT2D eigenvalue weighted by atomic mass is 9.92. The molecule has 1 aromatic carbocycles. The molecule has 1 nitrogen and oxygen atoms in total. The summed E-state index contributed by atoms with van der Waals surface area (Å²) in [6.45, 7) is 6.35. The molecule has 0 saturated carbocycles. The summed E-state index contributed by atoms with van der Waals surface area (Å²) >= 11 is 3.89. The summed E-state index contributed by atoms with van der Waals surface area (Å²) < 4.78 is 0. The second-order valence-electron chi connectivity index (χ2n) is 3.69. The number of carbonyl (C=O) groups excluding carboxylic acids is 1. The zero-order chi connectivity index (χ0) is 10.7. The molecule has 0 radical (unpaired) electrons. The molecule has 1 aromatic rings. The normalized spacial score (nSPS) is 10.6. The van der Waals surface area contributed by atoms with E-state index in [1.807, 2.05) is 12.1 Å². The highest BCUT2D eigenvalue weighted by Crippen LogP contribution is 2.24. The van der Waals surface area contributed by atoms with Gasteiger partial charge in [-0.3, -0.25) is 4.79 Å². The van der Waals surface area contributed by atoms with E-state index >= 15 is 0 Å². The zero-order valence-corrected chi connectivity index (χ0v) is 9.77. The SMILES string of the molecule is CCc1c(C(=O)S)cccc1C(C)C. The van der Waals surface area contributed by atoms with Crippen molar-refractivity contribution in [3.8, 4) is 0 Å². The van der Waals surface area contributed by atoms with Crippen molar-refractivity contribution in [2.24, 2.45) is 0 Å². The summed E-state index contributed by atoms with van der Waals surface area (Å²) in [6.07, 6.45) is 0.885. The Bertz CT molecular complexity index is 342. The molecule has 0 aliphatic rings. The molecule has 0 aromatic heterocycles. The molecule has 0 N–H and O–H groups in total. The molecule has 0 atom stereocenters. The van der Waals surface area contributed by atoms with Crippen molar-refractivity contribution in [1.29, 1.82) is 0 Å². The van der Waals surface area contributed by atoms with E-state index in [2.05, 4.69) is 39.5 Å². The third-order valence-electron chi connectivity index (χ3n) is 2.42. The average molecular weight is 208 g/mol. The first-order valence-corrected chi connectivity index (χ1v) is 5.37. The van der Waals surface area contributed by atoms with Gasteiger partial charge >= 0.3 is 0 Å². The van der Waals surface area contributed by atoms with E-state index in [-0.39, 0.29) is 5.12 Å². The number of rotatable bonds is 3. The minimum Gasteiger partial charge on any atom is -0.282 e. The Labute approximate surface area is 90.9 Å². The van der Waals surface area contributed by atoms with Crippen LogP contribution < -0.4 is 0 Å². The van der Waals surface area contributed by atoms with Crippen LogP contribution >= 0.6 is 12.6 Å². The summed E-state index contributed by atoms with van der Waals surface area (Å²) in [4.78, 5) is 11.3. The fraction of sp³-hybridized carbons (Fsp3) is 0.417. The highest BCUT2D eigenvalue weighted by molar-refractivity contribution is 7.97. The quantitative estimate of drug-likeness (QED) is 0.753. The van der Waals surface area contributed by atoms with Gasteiger partial charge in [0.05, 0.1) is 0 Å². The average Bonchev–Trinajstić information content (AvgIpc) is 2.16. The van der Waals surface area contributed by atoms with Crippen LogP contribution in [0.5, 0.6) is 0 Å². The van der Waals surface area contributed by atoms with Crippen LogP contribution in [0.25, 0.3) is 0 Å². The van der Waals surface area contributed by atoms with Crippen LogP contribution in [0.2, 0.25) is 0 Å². The van der Waals surface area contributed by atoms with Gasteiger partial charge in [-0.2, -0.15) is 0 Å². The van der Waals surface area contributed by atoms with Crippen LogP contribution in [-0.4, -0.2) is 5.12 Å². The van der Waals surface area contributed by atoms with Gasteiger partial charge in [0.25, 0.3) is 0 Å². The highest BCUT2D eigenvalue weighted by Gasteiger charge is 2.12. The monoisotopic (exact) mass is 208 g/mol. The molecule has 0 aliphatic heterocycles. The summed E-state index contributed by atoms with van der Waals surface area (Å²) in [5, 5.41) is -0.135. The van der Waals surface area contributed by atoms with E-state index < -0.39 is 0 Å². The first-order chi connectivity index (χ1) is 6.57. The molecular formula is C12H16OS. The molecule has 0 saturated heterocycles. The first kappa shape index (κ1) is 11.3. The van der Waals surface area contributed by atoms with E-state index in [4.69, 9.17) is 0 Å². The maximum Gasteiger partial charge on any atom is 0.216 e.